The Hall–Kier alpha value is -0.470. The first-order valence-electron chi connectivity index (χ1n) is 6.25. The van der Waals surface area contributed by atoms with Crippen molar-refractivity contribution in [1.29, 1.82) is 0 Å². The fourth-order valence-electron chi connectivity index (χ4n) is 2.62. The fourth-order valence-corrected chi connectivity index (χ4v) is 2.90. The maximum absolute atomic E-state index is 5.97. The third kappa shape index (κ3) is 2.75. The summed E-state index contributed by atoms with van der Waals surface area (Å²) in [4.78, 5) is 8.33. The molecule has 6 heteroatoms. The fraction of sp³-hybridized carbons (Fsp3) is 0.667. The highest BCUT2D eigenvalue weighted by molar-refractivity contribution is 14.1. The van der Waals surface area contributed by atoms with Crippen LogP contribution in [0.15, 0.2) is 12.4 Å². The molecular weight excluding hydrogens is 345 g/mol. The summed E-state index contributed by atoms with van der Waals surface area (Å²) in [5.41, 5.74) is 0.0269. The molecule has 18 heavy (non-hydrogen) atoms. The summed E-state index contributed by atoms with van der Waals surface area (Å²) >= 11 is 2.18. The first kappa shape index (κ1) is 12.6. The Morgan fingerprint density at radius 2 is 2.06 bits per heavy atom. The normalized spacial score (nSPS) is 26.4. The van der Waals surface area contributed by atoms with E-state index in [-0.39, 0.29) is 11.7 Å². The van der Waals surface area contributed by atoms with Gasteiger partial charge in [-0.2, -0.15) is 0 Å². The summed E-state index contributed by atoms with van der Waals surface area (Å²) < 4.78 is 12.8. The van der Waals surface area contributed by atoms with Gasteiger partial charge in [-0.1, -0.05) is 0 Å². The van der Waals surface area contributed by atoms with Crippen molar-refractivity contribution in [1.82, 2.24) is 15.3 Å². The number of aromatic nitrogens is 2. The molecule has 2 aliphatic rings. The largest absolute Gasteiger partial charge is 0.458 e. The predicted molar refractivity (Wildman–Crippen MR) is 74.6 cm³/mol. The summed E-state index contributed by atoms with van der Waals surface area (Å²) in [5, 5.41) is 3.36. The van der Waals surface area contributed by atoms with Gasteiger partial charge in [0.1, 0.15) is 6.10 Å². The number of piperidine rings is 1. The van der Waals surface area contributed by atoms with E-state index in [4.69, 9.17) is 9.47 Å². The molecule has 1 aromatic rings. The number of halogens is 1. The Kier molecular flexibility index (Phi) is 3.67. The lowest BCUT2D eigenvalue weighted by molar-refractivity contribution is -0.0206. The van der Waals surface area contributed by atoms with E-state index in [9.17, 15) is 0 Å². The zero-order chi connectivity index (χ0) is 12.4. The maximum Gasteiger partial charge on any atom is 0.316 e. The summed E-state index contributed by atoms with van der Waals surface area (Å²) in [7, 11) is 0. The average Bonchev–Trinajstić information content (AvgIpc) is 2.76. The van der Waals surface area contributed by atoms with Crippen LogP contribution in [0, 0.1) is 3.57 Å². The van der Waals surface area contributed by atoms with Crippen molar-refractivity contribution in [2.75, 3.05) is 19.7 Å². The van der Waals surface area contributed by atoms with Crippen LogP contribution in [0.3, 0.4) is 0 Å². The van der Waals surface area contributed by atoms with Crippen LogP contribution in [-0.2, 0) is 4.74 Å². The van der Waals surface area contributed by atoms with Crippen molar-refractivity contribution < 1.29 is 9.47 Å². The van der Waals surface area contributed by atoms with Gasteiger partial charge in [0.25, 0.3) is 0 Å². The lowest BCUT2D eigenvalue weighted by Gasteiger charge is -2.32. The molecule has 3 rings (SSSR count). The molecule has 1 spiro atoms. The number of nitrogens with zero attached hydrogens (tertiary/aromatic N) is 2. The van der Waals surface area contributed by atoms with E-state index in [1.54, 1.807) is 12.4 Å². The summed E-state index contributed by atoms with van der Waals surface area (Å²) in [6, 6.07) is 0.454. The summed E-state index contributed by atoms with van der Waals surface area (Å²) in [5.74, 6) is 0. The molecular formula is C12H16IN3O2. The molecule has 0 saturated carbocycles. The van der Waals surface area contributed by atoms with Gasteiger partial charge >= 0.3 is 6.01 Å². The minimum Gasteiger partial charge on any atom is -0.458 e. The molecule has 0 aliphatic carbocycles. The number of nitrogens with one attached hydrogen (secondary N) is 1. The standard InChI is InChI=1S/C12H16IN3O2/c13-9-6-15-11(16-7-9)18-10-5-12(17-8-10)1-3-14-4-2-12/h6-7,10,14H,1-5,8H2. The highest BCUT2D eigenvalue weighted by atomic mass is 127. The second kappa shape index (κ2) is 5.26. The van der Waals surface area contributed by atoms with Gasteiger partial charge in [-0.25, -0.2) is 9.97 Å². The summed E-state index contributed by atoms with van der Waals surface area (Å²) in [6.07, 6.45) is 6.70. The maximum atomic E-state index is 5.97. The predicted octanol–water partition coefficient (Wildman–Crippen LogP) is 1.37. The molecule has 0 radical (unpaired) electrons. The lowest BCUT2D eigenvalue weighted by Crippen LogP contribution is -2.41. The Labute approximate surface area is 120 Å². The summed E-state index contributed by atoms with van der Waals surface area (Å²) in [6.45, 7) is 2.72. The van der Waals surface area contributed by atoms with E-state index in [2.05, 4.69) is 37.9 Å². The van der Waals surface area contributed by atoms with Crippen LogP contribution < -0.4 is 10.1 Å². The SMILES string of the molecule is Ic1cnc(OC2COC3(CCNCC3)C2)nc1. The van der Waals surface area contributed by atoms with Gasteiger partial charge in [-0.3, -0.25) is 0 Å². The van der Waals surface area contributed by atoms with Crippen LogP contribution in [0.2, 0.25) is 0 Å². The minimum atomic E-state index is 0.0269. The number of hydrogen-bond donors (Lipinski definition) is 1. The zero-order valence-corrected chi connectivity index (χ0v) is 12.2. The number of rotatable bonds is 2. The van der Waals surface area contributed by atoms with Crippen molar-refractivity contribution >= 4 is 22.6 Å². The molecule has 3 heterocycles. The van der Waals surface area contributed by atoms with Crippen LogP contribution >= 0.6 is 22.6 Å². The molecule has 1 N–H and O–H groups in total. The van der Waals surface area contributed by atoms with Crippen LogP contribution in [0.1, 0.15) is 19.3 Å². The monoisotopic (exact) mass is 361 g/mol. The van der Waals surface area contributed by atoms with Gasteiger partial charge in [-0.05, 0) is 48.5 Å². The van der Waals surface area contributed by atoms with Crippen molar-refractivity contribution in [2.24, 2.45) is 0 Å². The van der Waals surface area contributed by atoms with Gasteiger partial charge in [0.05, 0.1) is 12.2 Å². The smallest absolute Gasteiger partial charge is 0.316 e. The third-order valence-electron chi connectivity index (χ3n) is 3.56. The molecule has 2 fully saturated rings. The van der Waals surface area contributed by atoms with E-state index in [0.29, 0.717) is 12.6 Å². The molecule has 1 atom stereocenters. The number of hydrogen-bond acceptors (Lipinski definition) is 5. The second-order valence-corrected chi connectivity index (χ2v) is 6.12. The van der Waals surface area contributed by atoms with E-state index in [1.807, 2.05) is 0 Å². The lowest BCUT2D eigenvalue weighted by atomic mass is 9.89. The van der Waals surface area contributed by atoms with Gasteiger partial charge in [0, 0.05) is 22.4 Å². The van der Waals surface area contributed by atoms with Crippen LogP contribution in [-0.4, -0.2) is 41.4 Å². The molecule has 0 aromatic carbocycles. The minimum absolute atomic E-state index is 0.0269. The van der Waals surface area contributed by atoms with Crippen molar-refractivity contribution in [2.45, 2.75) is 31.0 Å². The van der Waals surface area contributed by atoms with Gasteiger partial charge in [0.2, 0.25) is 0 Å². The van der Waals surface area contributed by atoms with Crippen LogP contribution in [0.4, 0.5) is 0 Å². The van der Waals surface area contributed by atoms with Gasteiger partial charge < -0.3 is 14.8 Å². The Morgan fingerprint density at radius 1 is 1.33 bits per heavy atom. The molecule has 1 aromatic heterocycles. The highest BCUT2D eigenvalue weighted by Gasteiger charge is 2.42. The topological polar surface area (TPSA) is 56.3 Å². The molecule has 5 nitrogen and oxygen atoms in total. The highest BCUT2D eigenvalue weighted by Crippen LogP contribution is 2.35. The Morgan fingerprint density at radius 3 is 2.78 bits per heavy atom. The molecule has 2 saturated heterocycles. The first-order chi connectivity index (χ1) is 8.76. The van der Waals surface area contributed by atoms with Crippen molar-refractivity contribution in [3.8, 4) is 6.01 Å². The molecule has 98 valence electrons. The first-order valence-corrected chi connectivity index (χ1v) is 7.33. The van der Waals surface area contributed by atoms with E-state index in [1.165, 1.54) is 0 Å². The Bertz CT molecular complexity index is 406. The Balaban J connectivity index is 1.60. The van der Waals surface area contributed by atoms with Crippen molar-refractivity contribution in [3.05, 3.63) is 16.0 Å². The third-order valence-corrected chi connectivity index (χ3v) is 4.12. The zero-order valence-electron chi connectivity index (χ0n) is 10.1. The average molecular weight is 361 g/mol. The molecule has 0 amide bonds. The second-order valence-electron chi connectivity index (χ2n) is 4.87. The van der Waals surface area contributed by atoms with Gasteiger partial charge in [0.15, 0.2) is 0 Å². The van der Waals surface area contributed by atoms with Crippen molar-refractivity contribution in [3.63, 3.8) is 0 Å². The van der Waals surface area contributed by atoms with E-state index in [0.717, 1.165) is 35.9 Å². The molecule has 1 unspecified atom stereocenters. The number of ether oxygens (including phenoxy) is 2. The van der Waals surface area contributed by atoms with E-state index < -0.39 is 0 Å². The molecule has 0 bridgehead atoms. The van der Waals surface area contributed by atoms with Crippen LogP contribution in [0.5, 0.6) is 6.01 Å². The van der Waals surface area contributed by atoms with E-state index >= 15 is 0 Å². The molecule has 2 aliphatic heterocycles. The quantitative estimate of drug-likeness (QED) is 0.807. The van der Waals surface area contributed by atoms with Gasteiger partial charge in [-0.15, -0.1) is 0 Å². The van der Waals surface area contributed by atoms with Crippen LogP contribution in [0.25, 0.3) is 0 Å².